The molecule has 1 aromatic heterocycles. The van der Waals surface area contributed by atoms with E-state index in [-0.39, 0.29) is 12.5 Å². The van der Waals surface area contributed by atoms with Crippen LogP contribution < -0.4 is 4.74 Å². The Hall–Kier alpha value is -2.57. The zero-order chi connectivity index (χ0) is 19.4. The summed E-state index contributed by atoms with van der Waals surface area (Å²) < 4.78 is 10.9. The van der Waals surface area contributed by atoms with Gasteiger partial charge in [-0.15, -0.1) is 0 Å². The SMILES string of the molecule is C[C@H](Oc1ccc(Cl)cc1Cl)C(=O)N(C)Cc1nc(-c2ccccc2)no1. The molecule has 1 heterocycles. The molecule has 0 spiro atoms. The number of benzene rings is 2. The van der Waals surface area contributed by atoms with Crippen molar-refractivity contribution in [2.75, 3.05) is 7.05 Å². The molecular formula is C19H17Cl2N3O3. The Morgan fingerprint density at radius 3 is 2.67 bits per heavy atom. The molecule has 0 aliphatic carbocycles. The average Bonchev–Trinajstić information content (AvgIpc) is 3.12. The number of halogens is 2. The maximum atomic E-state index is 12.5. The van der Waals surface area contributed by atoms with Crippen molar-refractivity contribution >= 4 is 29.1 Å². The Balaban J connectivity index is 1.62. The fraction of sp³-hybridized carbons (Fsp3) is 0.211. The van der Waals surface area contributed by atoms with E-state index in [4.69, 9.17) is 32.5 Å². The van der Waals surface area contributed by atoms with Crippen LogP contribution in [0.3, 0.4) is 0 Å². The van der Waals surface area contributed by atoms with Gasteiger partial charge in [0.25, 0.3) is 5.91 Å². The summed E-state index contributed by atoms with van der Waals surface area (Å²) in [6, 6.07) is 14.3. The van der Waals surface area contributed by atoms with Gasteiger partial charge in [-0.1, -0.05) is 58.7 Å². The topological polar surface area (TPSA) is 68.5 Å². The van der Waals surface area contributed by atoms with E-state index in [0.29, 0.717) is 27.5 Å². The molecule has 0 aliphatic heterocycles. The van der Waals surface area contributed by atoms with Crippen LogP contribution in [-0.4, -0.2) is 34.1 Å². The van der Waals surface area contributed by atoms with Crippen molar-refractivity contribution in [2.45, 2.75) is 19.6 Å². The predicted molar refractivity (Wildman–Crippen MR) is 103 cm³/mol. The Morgan fingerprint density at radius 1 is 1.22 bits per heavy atom. The van der Waals surface area contributed by atoms with Crippen LogP contribution in [0.5, 0.6) is 5.75 Å². The molecule has 0 saturated heterocycles. The van der Waals surface area contributed by atoms with Gasteiger partial charge in [-0.05, 0) is 25.1 Å². The van der Waals surface area contributed by atoms with Gasteiger partial charge in [-0.2, -0.15) is 4.98 Å². The third kappa shape index (κ3) is 4.78. The highest BCUT2D eigenvalue weighted by Crippen LogP contribution is 2.28. The Bertz CT molecular complexity index is 931. The summed E-state index contributed by atoms with van der Waals surface area (Å²) >= 11 is 11.9. The largest absolute Gasteiger partial charge is 0.479 e. The van der Waals surface area contributed by atoms with Crippen LogP contribution >= 0.6 is 23.2 Å². The Morgan fingerprint density at radius 2 is 1.96 bits per heavy atom. The smallest absolute Gasteiger partial charge is 0.263 e. The zero-order valence-corrected chi connectivity index (χ0v) is 16.2. The summed E-state index contributed by atoms with van der Waals surface area (Å²) in [4.78, 5) is 18.3. The molecule has 3 aromatic rings. The summed E-state index contributed by atoms with van der Waals surface area (Å²) in [6.07, 6.45) is -0.745. The Kier molecular flexibility index (Phi) is 5.98. The standard InChI is InChI=1S/C19H17Cl2N3O3/c1-12(26-16-9-8-14(20)10-15(16)21)19(25)24(2)11-17-22-18(23-27-17)13-6-4-3-5-7-13/h3-10,12H,11H2,1-2H3/t12-/m0/s1. The highest BCUT2D eigenvalue weighted by molar-refractivity contribution is 6.35. The number of aromatic nitrogens is 2. The van der Waals surface area contributed by atoms with Crippen molar-refractivity contribution in [3.8, 4) is 17.1 Å². The minimum atomic E-state index is -0.745. The molecule has 27 heavy (non-hydrogen) atoms. The normalized spacial score (nSPS) is 11.9. The lowest BCUT2D eigenvalue weighted by Gasteiger charge is -2.21. The van der Waals surface area contributed by atoms with Gasteiger partial charge < -0.3 is 14.2 Å². The van der Waals surface area contributed by atoms with Gasteiger partial charge in [0, 0.05) is 17.6 Å². The highest BCUT2D eigenvalue weighted by Gasteiger charge is 2.22. The number of carbonyl (C=O) groups is 1. The van der Waals surface area contributed by atoms with E-state index in [1.807, 2.05) is 30.3 Å². The number of carbonyl (C=O) groups excluding carboxylic acids is 1. The van der Waals surface area contributed by atoms with Crippen molar-refractivity contribution in [3.05, 3.63) is 64.5 Å². The molecule has 8 heteroatoms. The second kappa shape index (κ2) is 8.41. The number of likely N-dealkylation sites (N-methyl/N-ethyl adjacent to an activating group) is 1. The number of ether oxygens (including phenoxy) is 1. The number of hydrogen-bond acceptors (Lipinski definition) is 5. The van der Waals surface area contributed by atoms with Crippen molar-refractivity contribution in [3.63, 3.8) is 0 Å². The summed E-state index contributed by atoms with van der Waals surface area (Å²) in [5.41, 5.74) is 0.843. The molecule has 0 aliphatic rings. The molecule has 6 nitrogen and oxygen atoms in total. The van der Waals surface area contributed by atoms with Gasteiger partial charge in [0.15, 0.2) is 6.10 Å². The molecule has 0 fully saturated rings. The lowest BCUT2D eigenvalue weighted by molar-refractivity contribution is -0.137. The lowest BCUT2D eigenvalue weighted by atomic mass is 10.2. The van der Waals surface area contributed by atoms with Crippen molar-refractivity contribution < 1.29 is 14.1 Å². The molecular weight excluding hydrogens is 389 g/mol. The van der Waals surface area contributed by atoms with E-state index in [2.05, 4.69) is 10.1 Å². The zero-order valence-electron chi connectivity index (χ0n) is 14.7. The van der Waals surface area contributed by atoms with Crippen molar-refractivity contribution in [1.82, 2.24) is 15.0 Å². The van der Waals surface area contributed by atoms with Gasteiger partial charge in [0.1, 0.15) is 5.75 Å². The molecule has 140 valence electrons. The monoisotopic (exact) mass is 405 g/mol. The molecule has 0 unspecified atom stereocenters. The second-order valence-corrected chi connectivity index (χ2v) is 6.75. The summed E-state index contributed by atoms with van der Waals surface area (Å²) in [5.74, 6) is 0.949. The predicted octanol–water partition coefficient (Wildman–Crippen LogP) is 4.47. The highest BCUT2D eigenvalue weighted by atomic mass is 35.5. The molecule has 0 N–H and O–H groups in total. The van der Waals surface area contributed by atoms with Crippen LogP contribution in [-0.2, 0) is 11.3 Å². The first-order valence-corrected chi connectivity index (χ1v) is 8.94. The summed E-state index contributed by atoms with van der Waals surface area (Å²) in [5, 5.41) is 4.78. The molecule has 1 atom stereocenters. The molecule has 0 radical (unpaired) electrons. The van der Waals surface area contributed by atoms with Crippen molar-refractivity contribution in [2.24, 2.45) is 0 Å². The van der Waals surface area contributed by atoms with Crippen LogP contribution in [0.2, 0.25) is 10.0 Å². The van der Waals surface area contributed by atoms with Crippen LogP contribution in [0.1, 0.15) is 12.8 Å². The molecule has 0 bridgehead atoms. The van der Waals surface area contributed by atoms with Crippen LogP contribution in [0.25, 0.3) is 11.4 Å². The van der Waals surface area contributed by atoms with Crippen LogP contribution in [0.4, 0.5) is 0 Å². The van der Waals surface area contributed by atoms with Gasteiger partial charge in [0.2, 0.25) is 11.7 Å². The molecule has 1 amide bonds. The maximum absolute atomic E-state index is 12.5. The van der Waals surface area contributed by atoms with E-state index in [1.54, 1.807) is 32.2 Å². The van der Waals surface area contributed by atoms with Gasteiger partial charge in [-0.3, -0.25) is 4.79 Å². The van der Waals surface area contributed by atoms with Crippen LogP contribution in [0.15, 0.2) is 53.1 Å². The lowest BCUT2D eigenvalue weighted by Crippen LogP contribution is -2.37. The number of nitrogens with zero attached hydrogens (tertiary/aromatic N) is 3. The van der Waals surface area contributed by atoms with E-state index < -0.39 is 6.10 Å². The quantitative estimate of drug-likeness (QED) is 0.604. The van der Waals surface area contributed by atoms with Gasteiger partial charge in [-0.25, -0.2) is 0 Å². The van der Waals surface area contributed by atoms with Gasteiger partial charge >= 0.3 is 0 Å². The molecule has 2 aromatic carbocycles. The van der Waals surface area contributed by atoms with E-state index in [1.165, 1.54) is 4.90 Å². The summed E-state index contributed by atoms with van der Waals surface area (Å²) in [7, 11) is 1.64. The molecule has 0 saturated carbocycles. The van der Waals surface area contributed by atoms with E-state index in [0.717, 1.165) is 5.56 Å². The number of rotatable bonds is 6. The minimum Gasteiger partial charge on any atom is -0.479 e. The fourth-order valence-electron chi connectivity index (χ4n) is 2.43. The number of amides is 1. The first-order valence-electron chi connectivity index (χ1n) is 8.18. The van der Waals surface area contributed by atoms with Gasteiger partial charge in [0.05, 0.1) is 11.6 Å². The average molecular weight is 406 g/mol. The first-order chi connectivity index (χ1) is 12.9. The van der Waals surface area contributed by atoms with Crippen molar-refractivity contribution in [1.29, 1.82) is 0 Å². The Labute approximate surface area is 166 Å². The third-order valence-electron chi connectivity index (χ3n) is 3.79. The fourth-order valence-corrected chi connectivity index (χ4v) is 2.88. The molecule has 3 rings (SSSR count). The maximum Gasteiger partial charge on any atom is 0.263 e. The number of hydrogen-bond donors (Lipinski definition) is 0. The first kappa shape index (κ1) is 19.2. The summed E-state index contributed by atoms with van der Waals surface area (Å²) in [6.45, 7) is 1.81. The third-order valence-corrected chi connectivity index (χ3v) is 4.32. The minimum absolute atomic E-state index is 0.167. The van der Waals surface area contributed by atoms with E-state index in [9.17, 15) is 4.79 Å². The second-order valence-electron chi connectivity index (χ2n) is 5.91. The van der Waals surface area contributed by atoms with E-state index >= 15 is 0 Å². The van der Waals surface area contributed by atoms with Crippen LogP contribution in [0, 0.1) is 0 Å².